The van der Waals surface area contributed by atoms with Crippen LogP contribution in [0.4, 0.5) is 0 Å². The second-order valence-corrected chi connectivity index (χ2v) is 6.43. The van der Waals surface area contributed by atoms with Crippen molar-refractivity contribution in [3.63, 3.8) is 0 Å². The molecule has 0 bridgehead atoms. The van der Waals surface area contributed by atoms with Gasteiger partial charge in [-0.1, -0.05) is 31.5 Å². The fraction of sp³-hybridized carbons (Fsp3) is 0.846. The summed E-state index contributed by atoms with van der Waals surface area (Å²) >= 11 is 1.49. The molecule has 1 fully saturated rings. The molecule has 7 nitrogen and oxygen atoms in total. The van der Waals surface area contributed by atoms with Gasteiger partial charge in [0.2, 0.25) is 5.16 Å². The van der Waals surface area contributed by atoms with Crippen LogP contribution < -0.4 is 5.32 Å². The molecule has 0 radical (unpaired) electrons. The zero-order valence-electron chi connectivity index (χ0n) is 12.8. The smallest absolute Gasteiger partial charge is 0.326 e. The summed E-state index contributed by atoms with van der Waals surface area (Å²) in [5.74, 6) is 0.261. The molecule has 0 saturated heterocycles. The number of rotatable bonds is 7. The Kier molecular flexibility index (Phi) is 5.58. The SMILES string of the molecule is CCNC(C)(CSc1nnnn1C1CCCC1)C(=O)OC. The van der Waals surface area contributed by atoms with E-state index in [1.165, 1.54) is 31.7 Å². The summed E-state index contributed by atoms with van der Waals surface area (Å²) in [6.07, 6.45) is 4.71. The molecule has 1 N–H and O–H groups in total. The fourth-order valence-corrected chi connectivity index (χ4v) is 3.71. The second-order valence-electron chi connectivity index (χ2n) is 5.49. The van der Waals surface area contributed by atoms with Gasteiger partial charge in [0.15, 0.2) is 0 Å². The van der Waals surface area contributed by atoms with E-state index in [0.717, 1.165) is 18.0 Å². The molecule has 1 atom stereocenters. The molecule has 1 saturated carbocycles. The minimum atomic E-state index is -0.735. The molecule has 1 aliphatic carbocycles. The molecule has 21 heavy (non-hydrogen) atoms. The molecule has 0 spiro atoms. The van der Waals surface area contributed by atoms with Crippen LogP contribution in [0.25, 0.3) is 0 Å². The number of thioether (sulfide) groups is 1. The predicted molar refractivity (Wildman–Crippen MR) is 80.1 cm³/mol. The quantitative estimate of drug-likeness (QED) is 0.602. The summed E-state index contributed by atoms with van der Waals surface area (Å²) in [5, 5.41) is 15.9. The van der Waals surface area contributed by atoms with Crippen molar-refractivity contribution in [3.8, 4) is 0 Å². The summed E-state index contributed by atoms with van der Waals surface area (Å²) in [6, 6.07) is 0.394. The van der Waals surface area contributed by atoms with Gasteiger partial charge in [-0.2, -0.15) is 0 Å². The Morgan fingerprint density at radius 2 is 2.24 bits per heavy atom. The first-order chi connectivity index (χ1) is 10.1. The summed E-state index contributed by atoms with van der Waals surface area (Å²) in [5.41, 5.74) is -0.735. The molecule has 1 aliphatic rings. The van der Waals surface area contributed by atoms with Gasteiger partial charge in [0.05, 0.1) is 13.2 Å². The van der Waals surface area contributed by atoms with Crippen molar-refractivity contribution in [1.29, 1.82) is 0 Å². The molecule has 0 aliphatic heterocycles. The van der Waals surface area contributed by atoms with E-state index in [9.17, 15) is 4.79 Å². The van der Waals surface area contributed by atoms with Gasteiger partial charge in [0.25, 0.3) is 0 Å². The summed E-state index contributed by atoms with van der Waals surface area (Å²) in [4.78, 5) is 12.0. The number of nitrogens with one attached hydrogen (secondary N) is 1. The third-order valence-electron chi connectivity index (χ3n) is 3.83. The van der Waals surface area contributed by atoms with Crippen molar-refractivity contribution in [2.75, 3.05) is 19.4 Å². The average Bonchev–Trinajstić information content (AvgIpc) is 3.14. The zero-order valence-corrected chi connectivity index (χ0v) is 13.7. The van der Waals surface area contributed by atoms with E-state index in [1.807, 2.05) is 18.5 Å². The number of carbonyl (C=O) groups excluding carboxylic acids is 1. The van der Waals surface area contributed by atoms with Crippen molar-refractivity contribution in [3.05, 3.63) is 0 Å². The molecule has 0 amide bonds. The van der Waals surface area contributed by atoms with Gasteiger partial charge >= 0.3 is 5.97 Å². The second kappa shape index (κ2) is 7.22. The van der Waals surface area contributed by atoms with Crippen LogP contribution in [0.15, 0.2) is 5.16 Å². The number of hydrogen-bond acceptors (Lipinski definition) is 7. The minimum absolute atomic E-state index is 0.267. The number of hydrogen-bond donors (Lipinski definition) is 1. The van der Waals surface area contributed by atoms with Crippen LogP contribution in [0.2, 0.25) is 0 Å². The lowest BCUT2D eigenvalue weighted by atomic mass is 10.1. The molecule has 8 heteroatoms. The van der Waals surface area contributed by atoms with Crippen LogP contribution in [0.3, 0.4) is 0 Å². The van der Waals surface area contributed by atoms with Crippen LogP contribution in [0.5, 0.6) is 0 Å². The van der Waals surface area contributed by atoms with Crippen LogP contribution in [-0.4, -0.2) is 51.1 Å². The van der Waals surface area contributed by atoms with Gasteiger partial charge in [-0.15, -0.1) is 5.10 Å². The van der Waals surface area contributed by atoms with Gasteiger partial charge in [0.1, 0.15) is 5.54 Å². The predicted octanol–water partition coefficient (Wildman–Crippen LogP) is 1.42. The van der Waals surface area contributed by atoms with Crippen LogP contribution in [0, 0.1) is 0 Å². The molecule has 1 unspecified atom stereocenters. The number of carbonyl (C=O) groups is 1. The maximum Gasteiger partial charge on any atom is 0.326 e. The lowest BCUT2D eigenvalue weighted by molar-refractivity contribution is -0.146. The number of likely N-dealkylation sites (N-methyl/N-ethyl adjacent to an activating group) is 1. The average molecular weight is 313 g/mol. The third-order valence-corrected chi connectivity index (χ3v) is 5.07. The number of nitrogens with zero attached hydrogens (tertiary/aromatic N) is 4. The van der Waals surface area contributed by atoms with Crippen LogP contribution >= 0.6 is 11.8 Å². The first-order valence-electron chi connectivity index (χ1n) is 7.35. The van der Waals surface area contributed by atoms with Gasteiger partial charge in [-0.25, -0.2) is 4.68 Å². The number of ether oxygens (including phenoxy) is 1. The molecular formula is C13H23N5O2S. The number of esters is 1. The Morgan fingerprint density at radius 1 is 1.52 bits per heavy atom. The van der Waals surface area contributed by atoms with E-state index in [-0.39, 0.29) is 5.97 Å². The fourth-order valence-electron chi connectivity index (χ4n) is 2.66. The summed E-state index contributed by atoms with van der Waals surface area (Å²) in [7, 11) is 1.41. The monoisotopic (exact) mass is 313 g/mol. The lowest BCUT2D eigenvalue weighted by Crippen LogP contribution is -2.52. The molecule has 1 aromatic rings. The van der Waals surface area contributed by atoms with Gasteiger partial charge < -0.3 is 10.1 Å². The van der Waals surface area contributed by atoms with Gasteiger partial charge in [-0.05, 0) is 36.7 Å². The maximum atomic E-state index is 12.0. The Hall–Kier alpha value is -1.15. The van der Waals surface area contributed by atoms with Crippen molar-refractivity contribution in [2.24, 2.45) is 0 Å². The Labute approximate surface area is 129 Å². The van der Waals surface area contributed by atoms with Crippen molar-refractivity contribution in [1.82, 2.24) is 25.5 Å². The zero-order chi connectivity index (χ0) is 15.3. The molecule has 2 rings (SSSR count). The highest BCUT2D eigenvalue weighted by Crippen LogP contribution is 2.32. The Bertz CT molecular complexity index is 475. The maximum absolute atomic E-state index is 12.0. The molecule has 1 aromatic heterocycles. The Morgan fingerprint density at radius 3 is 2.86 bits per heavy atom. The van der Waals surface area contributed by atoms with Gasteiger partial charge in [0, 0.05) is 5.75 Å². The highest BCUT2D eigenvalue weighted by Gasteiger charge is 2.34. The molecule has 0 aromatic carbocycles. The van der Waals surface area contributed by atoms with Gasteiger partial charge in [-0.3, -0.25) is 4.79 Å². The largest absolute Gasteiger partial charge is 0.468 e. The third kappa shape index (κ3) is 3.74. The standard InChI is InChI=1S/C13H23N5O2S/c1-4-14-13(2,11(19)20-3)9-21-12-15-16-17-18(12)10-7-5-6-8-10/h10,14H,4-9H2,1-3H3. The summed E-state index contributed by atoms with van der Waals surface area (Å²) in [6.45, 7) is 4.51. The summed E-state index contributed by atoms with van der Waals surface area (Å²) < 4.78 is 6.80. The van der Waals surface area contributed by atoms with Crippen LogP contribution in [-0.2, 0) is 9.53 Å². The number of aromatic nitrogens is 4. The van der Waals surface area contributed by atoms with Crippen LogP contribution in [0.1, 0.15) is 45.6 Å². The first-order valence-corrected chi connectivity index (χ1v) is 8.33. The van der Waals surface area contributed by atoms with E-state index >= 15 is 0 Å². The molecular weight excluding hydrogens is 290 g/mol. The van der Waals surface area contributed by atoms with E-state index in [1.54, 1.807) is 0 Å². The van der Waals surface area contributed by atoms with Crippen molar-refractivity contribution < 1.29 is 9.53 Å². The highest BCUT2D eigenvalue weighted by molar-refractivity contribution is 7.99. The van der Waals surface area contributed by atoms with E-state index in [0.29, 0.717) is 18.3 Å². The highest BCUT2D eigenvalue weighted by atomic mass is 32.2. The lowest BCUT2D eigenvalue weighted by Gasteiger charge is -2.26. The van der Waals surface area contributed by atoms with Crippen molar-refractivity contribution in [2.45, 2.75) is 56.3 Å². The van der Waals surface area contributed by atoms with E-state index in [4.69, 9.17) is 4.74 Å². The topological polar surface area (TPSA) is 81.9 Å². The molecule has 1 heterocycles. The normalized spacial score (nSPS) is 18.6. The van der Waals surface area contributed by atoms with Crippen molar-refractivity contribution >= 4 is 17.7 Å². The Balaban J connectivity index is 2.04. The molecule has 118 valence electrons. The van der Waals surface area contributed by atoms with E-state index in [2.05, 4.69) is 20.8 Å². The number of tetrazole rings is 1. The first kappa shape index (κ1) is 16.2. The number of methoxy groups -OCH3 is 1. The minimum Gasteiger partial charge on any atom is -0.468 e. The van der Waals surface area contributed by atoms with E-state index < -0.39 is 5.54 Å².